The second-order valence-corrected chi connectivity index (χ2v) is 6.24. The average molecular weight is 331 g/mol. The molecule has 0 aliphatic carbocycles. The maximum Gasteiger partial charge on any atom is 0.267 e. The van der Waals surface area contributed by atoms with E-state index in [0.717, 1.165) is 17.1 Å². The van der Waals surface area contributed by atoms with Gasteiger partial charge in [-0.15, -0.1) is 0 Å². The summed E-state index contributed by atoms with van der Waals surface area (Å²) in [6.07, 6.45) is 1.35. The Hall–Kier alpha value is -2.28. The van der Waals surface area contributed by atoms with Gasteiger partial charge in [0, 0.05) is 18.5 Å². The van der Waals surface area contributed by atoms with E-state index in [2.05, 4.69) is 10.3 Å². The third-order valence-electron chi connectivity index (χ3n) is 3.45. The van der Waals surface area contributed by atoms with Crippen LogP contribution in [0.25, 0.3) is 0 Å². The van der Waals surface area contributed by atoms with Crippen LogP contribution in [0.4, 0.5) is 0 Å². The minimum Gasteiger partial charge on any atom is -0.492 e. The van der Waals surface area contributed by atoms with Crippen LogP contribution in [-0.2, 0) is 6.54 Å². The van der Waals surface area contributed by atoms with Gasteiger partial charge in [-0.2, -0.15) is 0 Å². The number of nitrogens with one attached hydrogen (secondary N) is 1. The number of hydrogen-bond acceptors (Lipinski definition) is 5. The molecule has 1 amide bonds. The molecule has 0 radical (unpaired) electrons. The Morgan fingerprint density at radius 2 is 2.35 bits per heavy atom. The SMILES string of the molecule is Cc1cccc(OCCNC(=O)c2cnc3n(c2=O)CCS3)c1. The average Bonchev–Trinajstić information content (AvgIpc) is 3.01. The number of fused-ring (bicyclic) bond motifs is 1. The number of aryl methyl sites for hydroxylation is 1. The van der Waals surface area contributed by atoms with E-state index in [1.54, 1.807) is 4.57 Å². The number of aromatic nitrogens is 2. The molecule has 1 aliphatic heterocycles. The summed E-state index contributed by atoms with van der Waals surface area (Å²) in [7, 11) is 0. The van der Waals surface area contributed by atoms with Crippen molar-refractivity contribution < 1.29 is 9.53 Å². The normalized spacial score (nSPS) is 12.7. The van der Waals surface area contributed by atoms with Crippen LogP contribution in [0.2, 0.25) is 0 Å². The van der Waals surface area contributed by atoms with E-state index in [1.165, 1.54) is 18.0 Å². The highest BCUT2D eigenvalue weighted by Crippen LogP contribution is 2.20. The van der Waals surface area contributed by atoms with Gasteiger partial charge in [0.1, 0.15) is 17.9 Å². The topological polar surface area (TPSA) is 73.2 Å². The van der Waals surface area contributed by atoms with Crippen molar-refractivity contribution in [3.63, 3.8) is 0 Å². The molecule has 7 heteroatoms. The molecule has 1 aromatic heterocycles. The largest absolute Gasteiger partial charge is 0.492 e. The summed E-state index contributed by atoms with van der Waals surface area (Å²) in [5.74, 6) is 1.16. The Kier molecular flexibility index (Phi) is 4.66. The lowest BCUT2D eigenvalue weighted by Gasteiger charge is -2.09. The molecule has 0 atom stereocenters. The fourth-order valence-corrected chi connectivity index (χ4v) is 3.22. The van der Waals surface area contributed by atoms with Crippen molar-refractivity contribution >= 4 is 17.7 Å². The zero-order valence-electron chi connectivity index (χ0n) is 12.7. The monoisotopic (exact) mass is 331 g/mol. The molecule has 0 fully saturated rings. The Bertz CT molecular complexity index is 788. The summed E-state index contributed by atoms with van der Waals surface area (Å²) in [5.41, 5.74) is 0.908. The van der Waals surface area contributed by atoms with E-state index < -0.39 is 5.91 Å². The Balaban J connectivity index is 1.55. The van der Waals surface area contributed by atoms with Gasteiger partial charge in [0.15, 0.2) is 5.16 Å². The number of rotatable bonds is 5. The highest BCUT2D eigenvalue weighted by atomic mass is 32.2. The number of hydrogen-bond donors (Lipinski definition) is 1. The summed E-state index contributed by atoms with van der Waals surface area (Å²) >= 11 is 1.52. The molecular weight excluding hydrogens is 314 g/mol. The number of thioether (sulfide) groups is 1. The first-order valence-corrected chi connectivity index (χ1v) is 8.34. The van der Waals surface area contributed by atoms with Crippen LogP contribution in [0.3, 0.4) is 0 Å². The van der Waals surface area contributed by atoms with Gasteiger partial charge in [-0.05, 0) is 24.6 Å². The van der Waals surface area contributed by atoms with Crippen molar-refractivity contribution in [3.8, 4) is 5.75 Å². The second kappa shape index (κ2) is 6.87. The summed E-state index contributed by atoms with van der Waals surface area (Å²) in [6, 6.07) is 7.69. The van der Waals surface area contributed by atoms with Gasteiger partial charge < -0.3 is 10.1 Å². The molecule has 0 saturated heterocycles. The lowest BCUT2D eigenvalue weighted by molar-refractivity contribution is 0.0944. The molecule has 3 rings (SSSR count). The summed E-state index contributed by atoms with van der Waals surface area (Å²) < 4.78 is 7.10. The van der Waals surface area contributed by atoms with E-state index in [1.807, 2.05) is 31.2 Å². The molecule has 2 heterocycles. The van der Waals surface area contributed by atoms with Gasteiger partial charge in [-0.3, -0.25) is 14.2 Å². The number of ether oxygens (including phenoxy) is 1. The van der Waals surface area contributed by atoms with Crippen LogP contribution in [0.5, 0.6) is 5.75 Å². The van der Waals surface area contributed by atoms with E-state index in [0.29, 0.717) is 24.9 Å². The van der Waals surface area contributed by atoms with Gasteiger partial charge in [-0.1, -0.05) is 23.9 Å². The molecular formula is C16H17N3O3S. The lowest BCUT2D eigenvalue weighted by Crippen LogP contribution is -2.35. The van der Waals surface area contributed by atoms with Crippen LogP contribution >= 0.6 is 11.8 Å². The molecule has 6 nitrogen and oxygen atoms in total. The van der Waals surface area contributed by atoms with Crippen molar-refractivity contribution in [2.45, 2.75) is 18.6 Å². The molecule has 0 saturated carbocycles. The number of carbonyl (C=O) groups is 1. The number of carbonyl (C=O) groups excluding carboxylic acids is 1. The summed E-state index contributed by atoms with van der Waals surface area (Å²) in [6.45, 7) is 3.25. The summed E-state index contributed by atoms with van der Waals surface area (Å²) in [5, 5.41) is 3.37. The van der Waals surface area contributed by atoms with Crippen LogP contribution in [0, 0.1) is 6.92 Å². The first-order valence-electron chi connectivity index (χ1n) is 7.35. The molecule has 120 valence electrons. The van der Waals surface area contributed by atoms with Crippen LogP contribution < -0.4 is 15.6 Å². The highest BCUT2D eigenvalue weighted by Gasteiger charge is 2.19. The Morgan fingerprint density at radius 3 is 3.17 bits per heavy atom. The fraction of sp³-hybridized carbons (Fsp3) is 0.312. The Labute approximate surface area is 137 Å². The van der Waals surface area contributed by atoms with E-state index in [4.69, 9.17) is 4.74 Å². The van der Waals surface area contributed by atoms with E-state index in [9.17, 15) is 9.59 Å². The van der Waals surface area contributed by atoms with E-state index >= 15 is 0 Å². The van der Waals surface area contributed by atoms with E-state index in [-0.39, 0.29) is 11.1 Å². The molecule has 2 aromatic rings. The predicted octanol–water partition coefficient (Wildman–Crippen LogP) is 1.47. The van der Waals surface area contributed by atoms with Gasteiger partial charge in [0.25, 0.3) is 11.5 Å². The second-order valence-electron chi connectivity index (χ2n) is 5.18. The zero-order chi connectivity index (χ0) is 16.2. The highest BCUT2D eigenvalue weighted by molar-refractivity contribution is 7.99. The number of benzene rings is 1. The molecule has 0 bridgehead atoms. The standard InChI is InChI=1S/C16H17N3O3S/c1-11-3-2-4-12(9-11)22-7-5-17-14(20)13-10-18-16-19(15(13)21)6-8-23-16/h2-4,9-10H,5-8H2,1H3,(H,17,20). The number of nitrogens with zero attached hydrogens (tertiary/aromatic N) is 2. The summed E-state index contributed by atoms with van der Waals surface area (Å²) in [4.78, 5) is 28.5. The van der Waals surface area contributed by atoms with Crippen LogP contribution in [0.15, 0.2) is 40.4 Å². The smallest absolute Gasteiger partial charge is 0.267 e. The predicted molar refractivity (Wildman–Crippen MR) is 88.2 cm³/mol. The minimum atomic E-state index is -0.414. The first-order chi connectivity index (χ1) is 11.1. The third-order valence-corrected chi connectivity index (χ3v) is 4.42. The number of amides is 1. The fourth-order valence-electron chi connectivity index (χ4n) is 2.31. The molecule has 23 heavy (non-hydrogen) atoms. The molecule has 0 spiro atoms. The zero-order valence-corrected chi connectivity index (χ0v) is 13.6. The van der Waals surface area contributed by atoms with Gasteiger partial charge in [-0.25, -0.2) is 4.98 Å². The van der Waals surface area contributed by atoms with Crippen molar-refractivity contribution in [2.75, 3.05) is 18.9 Å². The molecule has 1 aromatic carbocycles. The van der Waals surface area contributed by atoms with Crippen molar-refractivity contribution in [3.05, 3.63) is 51.9 Å². The lowest BCUT2D eigenvalue weighted by atomic mass is 10.2. The first kappa shape index (κ1) is 15.6. The van der Waals surface area contributed by atoms with Crippen molar-refractivity contribution in [1.82, 2.24) is 14.9 Å². The third kappa shape index (κ3) is 3.56. The van der Waals surface area contributed by atoms with Gasteiger partial charge in [0.05, 0.1) is 6.54 Å². The molecule has 1 aliphatic rings. The quantitative estimate of drug-likeness (QED) is 0.663. The Morgan fingerprint density at radius 1 is 1.48 bits per heavy atom. The van der Waals surface area contributed by atoms with Crippen LogP contribution in [0.1, 0.15) is 15.9 Å². The minimum absolute atomic E-state index is 0.0757. The maximum atomic E-state index is 12.2. The van der Waals surface area contributed by atoms with Crippen molar-refractivity contribution in [1.29, 1.82) is 0 Å². The molecule has 1 N–H and O–H groups in total. The molecule has 0 unspecified atom stereocenters. The van der Waals surface area contributed by atoms with Gasteiger partial charge >= 0.3 is 0 Å². The maximum absolute atomic E-state index is 12.2. The van der Waals surface area contributed by atoms with Crippen LogP contribution in [-0.4, -0.2) is 34.4 Å². The van der Waals surface area contributed by atoms with Gasteiger partial charge in [0.2, 0.25) is 0 Å². The van der Waals surface area contributed by atoms with Crippen molar-refractivity contribution in [2.24, 2.45) is 0 Å².